The first-order valence-electron chi connectivity index (χ1n) is 6.57. The second kappa shape index (κ2) is 5.58. The van der Waals surface area contributed by atoms with Crippen LogP contribution in [0.15, 0.2) is 42.5 Å². The predicted molar refractivity (Wildman–Crippen MR) is 84.3 cm³/mol. The van der Waals surface area contributed by atoms with Gasteiger partial charge in [-0.1, -0.05) is 53.5 Å². The fourth-order valence-electron chi connectivity index (χ4n) is 2.72. The Labute approximate surface area is 132 Å². The predicted octanol–water partition coefficient (Wildman–Crippen LogP) is 4.18. The summed E-state index contributed by atoms with van der Waals surface area (Å²) < 4.78 is 0. The maximum absolute atomic E-state index is 11.4. The van der Waals surface area contributed by atoms with Crippen LogP contribution in [0.3, 0.4) is 0 Å². The lowest BCUT2D eigenvalue weighted by Crippen LogP contribution is -2.24. The Hall–Kier alpha value is -1.71. The van der Waals surface area contributed by atoms with Gasteiger partial charge in [0.15, 0.2) is 0 Å². The van der Waals surface area contributed by atoms with Gasteiger partial charge in [-0.3, -0.25) is 4.79 Å². The van der Waals surface area contributed by atoms with E-state index < -0.39 is 11.9 Å². The number of fused-ring (bicyclic) bond motifs is 1. The molecule has 1 N–H and O–H groups in total. The fourth-order valence-corrected chi connectivity index (χ4v) is 3.10. The van der Waals surface area contributed by atoms with Gasteiger partial charge in [0.2, 0.25) is 0 Å². The molecule has 0 saturated heterocycles. The van der Waals surface area contributed by atoms with E-state index in [1.165, 1.54) is 0 Å². The maximum Gasteiger partial charge on any atom is 0.312 e. The average Bonchev–Trinajstić information content (AvgIpc) is 2.83. The molecule has 5 heteroatoms. The van der Waals surface area contributed by atoms with E-state index >= 15 is 0 Å². The highest BCUT2D eigenvalue weighted by Gasteiger charge is 2.33. The topological polar surface area (TPSA) is 40.5 Å². The molecule has 0 spiro atoms. The second-order valence-corrected chi connectivity index (χ2v) is 5.83. The largest absolute Gasteiger partial charge is 0.481 e. The van der Waals surface area contributed by atoms with Gasteiger partial charge in [-0.25, -0.2) is 0 Å². The van der Waals surface area contributed by atoms with Gasteiger partial charge < -0.3 is 10.0 Å². The number of carboxylic acids is 1. The van der Waals surface area contributed by atoms with Crippen molar-refractivity contribution >= 4 is 34.9 Å². The summed E-state index contributed by atoms with van der Waals surface area (Å²) in [7, 11) is 0. The molecule has 2 aromatic carbocycles. The molecule has 1 aliphatic heterocycles. The van der Waals surface area contributed by atoms with Crippen molar-refractivity contribution in [3.8, 4) is 0 Å². The Bertz CT molecular complexity index is 702. The van der Waals surface area contributed by atoms with Gasteiger partial charge in [-0.15, -0.1) is 0 Å². The van der Waals surface area contributed by atoms with Gasteiger partial charge in [0.1, 0.15) is 5.92 Å². The molecule has 3 nitrogen and oxygen atoms in total. The van der Waals surface area contributed by atoms with Gasteiger partial charge in [-0.2, -0.15) is 0 Å². The molecule has 108 valence electrons. The quantitative estimate of drug-likeness (QED) is 0.921. The highest BCUT2D eigenvalue weighted by atomic mass is 35.5. The zero-order valence-corrected chi connectivity index (χ0v) is 12.6. The Morgan fingerprint density at radius 1 is 1.19 bits per heavy atom. The van der Waals surface area contributed by atoms with E-state index in [9.17, 15) is 9.90 Å². The lowest BCUT2D eigenvalue weighted by atomic mass is 10.0. The van der Waals surface area contributed by atoms with Gasteiger partial charge in [0.25, 0.3) is 0 Å². The molecule has 21 heavy (non-hydrogen) atoms. The van der Waals surface area contributed by atoms with Crippen molar-refractivity contribution in [2.75, 3.05) is 11.4 Å². The number of benzene rings is 2. The lowest BCUT2D eigenvalue weighted by molar-refractivity contribution is -0.138. The van der Waals surface area contributed by atoms with Crippen LogP contribution in [-0.4, -0.2) is 17.6 Å². The van der Waals surface area contributed by atoms with E-state index in [0.29, 0.717) is 23.1 Å². The molecule has 1 aliphatic rings. The van der Waals surface area contributed by atoms with Crippen LogP contribution in [0.1, 0.15) is 17.0 Å². The third-order valence-electron chi connectivity index (χ3n) is 3.75. The highest BCUT2D eigenvalue weighted by Crippen LogP contribution is 2.38. The summed E-state index contributed by atoms with van der Waals surface area (Å²) >= 11 is 12.3. The number of carbonyl (C=O) groups is 1. The Morgan fingerprint density at radius 3 is 2.71 bits per heavy atom. The summed E-state index contributed by atoms with van der Waals surface area (Å²) in [6.45, 7) is 0.984. The van der Waals surface area contributed by atoms with Crippen LogP contribution in [0.5, 0.6) is 0 Å². The van der Waals surface area contributed by atoms with Crippen molar-refractivity contribution in [2.45, 2.75) is 12.5 Å². The Morgan fingerprint density at radius 2 is 1.95 bits per heavy atom. The summed E-state index contributed by atoms with van der Waals surface area (Å²) in [5.74, 6) is -1.30. The summed E-state index contributed by atoms with van der Waals surface area (Å²) in [6, 6.07) is 13.1. The van der Waals surface area contributed by atoms with Crippen molar-refractivity contribution in [3.63, 3.8) is 0 Å². The number of aliphatic carboxylic acids is 1. The number of halogens is 2. The Balaban J connectivity index is 1.94. The molecular weight excluding hydrogens is 309 g/mol. The minimum absolute atomic E-state index is 0.442. The van der Waals surface area contributed by atoms with Crippen molar-refractivity contribution in [1.29, 1.82) is 0 Å². The maximum atomic E-state index is 11.4. The van der Waals surface area contributed by atoms with Crippen molar-refractivity contribution in [1.82, 2.24) is 0 Å². The molecule has 0 saturated carbocycles. The molecule has 0 amide bonds. The molecule has 0 aromatic heterocycles. The van der Waals surface area contributed by atoms with Crippen LogP contribution < -0.4 is 4.90 Å². The van der Waals surface area contributed by atoms with E-state index in [1.807, 2.05) is 41.3 Å². The zero-order valence-electron chi connectivity index (χ0n) is 11.1. The minimum Gasteiger partial charge on any atom is -0.481 e. The van der Waals surface area contributed by atoms with E-state index in [-0.39, 0.29) is 0 Å². The van der Waals surface area contributed by atoms with Gasteiger partial charge in [-0.05, 0) is 23.3 Å². The molecule has 3 rings (SSSR count). The Kier molecular flexibility index (Phi) is 3.79. The lowest BCUT2D eigenvalue weighted by Gasteiger charge is -2.20. The number of para-hydroxylation sites is 1. The molecule has 0 aliphatic carbocycles. The zero-order chi connectivity index (χ0) is 15.0. The molecular formula is C16H13Cl2NO2. The molecule has 1 unspecified atom stereocenters. The summed E-state index contributed by atoms with van der Waals surface area (Å²) in [5, 5.41) is 10.4. The highest BCUT2D eigenvalue weighted by molar-refractivity contribution is 6.42. The first kappa shape index (κ1) is 14.2. The normalized spacial score (nSPS) is 16.9. The van der Waals surface area contributed by atoms with Gasteiger partial charge >= 0.3 is 5.97 Å². The van der Waals surface area contributed by atoms with Crippen molar-refractivity contribution in [3.05, 3.63) is 63.6 Å². The van der Waals surface area contributed by atoms with E-state index in [0.717, 1.165) is 16.8 Å². The van der Waals surface area contributed by atoms with Crippen LogP contribution in [0.2, 0.25) is 10.0 Å². The van der Waals surface area contributed by atoms with Crippen LogP contribution in [0.4, 0.5) is 5.69 Å². The van der Waals surface area contributed by atoms with Gasteiger partial charge in [0, 0.05) is 18.8 Å². The molecule has 1 heterocycles. The van der Waals surface area contributed by atoms with Crippen LogP contribution in [0.25, 0.3) is 0 Å². The smallest absolute Gasteiger partial charge is 0.312 e. The number of rotatable bonds is 3. The van der Waals surface area contributed by atoms with Crippen molar-refractivity contribution < 1.29 is 9.90 Å². The number of nitrogens with zero attached hydrogens (tertiary/aromatic N) is 1. The van der Waals surface area contributed by atoms with Crippen LogP contribution >= 0.6 is 23.2 Å². The molecule has 2 aromatic rings. The van der Waals surface area contributed by atoms with E-state index in [4.69, 9.17) is 23.2 Å². The number of hydrogen-bond acceptors (Lipinski definition) is 2. The minimum atomic E-state index is -0.804. The standard InChI is InChI=1S/C16H13Cl2NO2/c17-13-6-3-4-10(15(13)18)8-19-9-12(16(20)21)11-5-1-2-7-14(11)19/h1-7,12H,8-9H2,(H,20,21). The molecule has 1 atom stereocenters. The third kappa shape index (κ3) is 2.59. The summed E-state index contributed by atoms with van der Waals surface area (Å²) in [6.07, 6.45) is 0. The third-order valence-corrected chi connectivity index (χ3v) is 4.60. The number of anilines is 1. The monoisotopic (exact) mass is 321 g/mol. The van der Waals surface area contributed by atoms with Crippen molar-refractivity contribution in [2.24, 2.45) is 0 Å². The van der Waals surface area contributed by atoms with E-state index in [1.54, 1.807) is 6.07 Å². The van der Waals surface area contributed by atoms with Crippen LogP contribution in [0, 0.1) is 0 Å². The number of carboxylic acid groups (broad SMARTS) is 1. The SMILES string of the molecule is O=C(O)C1CN(Cc2cccc(Cl)c2Cl)c2ccccc21. The first-order chi connectivity index (χ1) is 10.1. The number of hydrogen-bond donors (Lipinski definition) is 1. The fraction of sp³-hybridized carbons (Fsp3) is 0.188. The first-order valence-corrected chi connectivity index (χ1v) is 7.33. The van der Waals surface area contributed by atoms with Crippen LogP contribution in [-0.2, 0) is 11.3 Å². The molecule has 0 bridgehead atoms. The summed E-state index contributed by atoms with van der Waals surface area (Å²) in [4.78, 5) is 13.4. The molecule has 0 radical (unpaired) electrons. The second-order valence-electron chi connectivity index (χ2n) is 5.04. The molecule has 0 fully saturated rings. The van der Waals surface area contributed by atoms with E-state index in [2.05, 4.69) is 0 Å². The summed E-state index contributed by atoms with van der Waals surface area (Å²) in [5.41, 5.74) is 2.69. The average molecular weight is 322 g/mol. The van der Waals surface area contributed by atoms with Gasteiger partial charge in [0.05, 0.1) is 10.0 Å².